The molecule has 0 aromatic rings. The fourth-order valence-corrected chi connectivity index (χ4v) is 0.397. The Kier molecular flexibility index (Phi) is 0.919. The van der Waals surface area contributed by atoms with Crippen molar-refractivity contribution in [2.24, 2.45) is 0 Å². The average molecular weight is 103 g/mol. The van der Waals surface area contributed by atoms with E-state index in [1.165, 1.54) is 0 Å². The van der Waals surface area contributed by atoms with Gasteiger partial charge < -0.3 is 4.74 Å². The number of ether oxygens (including phenoxy) is 1. The lowest BCUT2D eigenvalue weighted by Crippen LogP contribution is -1.98. The minimum atomic E-state index is 0.573. The van der Waals surface area contributed by atoms with Crippen LogP contribution in [-0.2, 0) is 4.74 Å². The summed E-state index contributed by atoms with van der Waals surface area (Å²) in [5.41, 5.74) is 0. The van der Waals surface area contributed by atoms with Crippen LogP contribution in [0, 0.1) is 0 Å². The number of hydrogen-bond acceptors (Lipinski definition) is 3. The van der Waals surface area contributed by atoms with E-state index >= 15 is 0 Å². The molecule has 0 radical (unpaired) electrons. The highest BCUT2D eigenvalue weighted by atomic mass is 32.1. The van der Waals surface area contributed by atoms with Gasteiger partial charge >= 0.3 is 0 Å². The minimum Gasteiger partial charge on any atom is -0.478 e. The lowest BCUT2D eigenvalue weighted by molar-refractivity contribution is 0.229. The quantitative estimate of drug-likeness (QED) is 0.450. The molecule has 0 saturated carbocycles. The first-order chi connectivity index (χ1) is 2.89. The van der Waals surface area contributed by atoms with Gasteiger partial charge in [0, 0.05) is 6.20 Å². The van der Waals surface area contributed by atoms with Crippen molar-refractivity contribution in [2.75, 3.05) is 6.73 Å². The molecule has 0 unspecified atom stereocenters. The SMILES string of the molecule is SN1C=COC1. The van der Waals surface area contributed by atoms with Gasteiger partial charge in [0.1, 0.15) is 6.26 Å². The van der Waals surface area contributed by atoms with Crippen LogP contribution in [-0.4, -0.2) is 11.0 Å². The van der Waals surface area contributed by atoms with Gasteiger partial charge in [-0.25, -0.2) is 0 Å². The molecule has 0 N–H and O–H groups in total. The van der Waals surface area contributed by atoms with E-state index in [0.29, 0.717) is 6.73 Å². The summed E-state index contributed by atoms with van der Waals surface area (Å²) in [7, 11) is 0. The van der Waals surface area contributed by atoms with Gasteiger partial charge in [0.05, 0.1) is 0 Å². The summed E-state index contributed by atoms with van der Waals surface area (Å²) in [5.74, 6) is 0. The van der Waals surface area contributed by atoms with E-state index in [-0.39, 0.29) is 0 Å². The van der Waals surface area contributed by atoms with Crippen molar-refractivity contribution < 1.29 is 4.74 Å². The fourth-order valence-electron chi connectivity index (χ4n) is 0.276. The second kappa shape index (κ2) is 1.43. The molecule has 0 aliphatic carbocycles. The predicted octanol–water partition coefficient (Wildman–Crippen LogP) is 0.592. The Morgan fingerprint density at radius 3 is 2.83 bits per heavy atom. The second-order valence-electron chi connectivity index (χ2n) is 1.02. The highest BCUT2D eigenvalue weighted by Gasteiger charge is 1.94. The van der Waals surface area contributed by atoms with Crippen molar-refractivity contribution >= 4 is 12.8 Å². The van der Waals surface area contributed by atoms with E-state index in [1.807, 2.05) is 0 Å². The fraction of sp³-hybridized carbons (Fsp3) is 0.333. The van der Waals surface area contributed by atoms with Crippen LogP contribution >= 0.6 is 12.8 Å². The van der Waals surface area contributed by atoms with Gasteiger partial charge in [-0.15, -0.1) is 0 Å². The third-order valence-electron chi connectivity index (χ3n) is 0.536. The van der Waals surface area contributed by atoms with E-state index in [1.54, 1.807) is 16.8 Å². The molecule has 0 bridgehead atoms. The Hall–Kier alpha value is -0.310. The zero-order valence-electron chi connectivity index (χ0n) is 3.16. The van der Waals surface area contributed by atoms with Gasteiger partial charge in [0.2, 0.25) is 0 Å². The molecule has 1 aliphatic heterocycles. The predicted molar refractivity (Wildman–Crippen MR) is 25.9 cm³/mol. The van der Waals surface area contributed by atoms with Crippen LogP contribution in [0.2, 0.25) is 0 Å². The number of hydrogen-bond donors (Lipinski definition) is 1. The molecular weight excluding hydrogens is 98.1 g/mol. The van der Waals surface area contributed by atoms with E-state index < -0.39 is 0 Å². The van der Waals surface area contributed by atoms with Gasteiger partial charge in [0.15, 0.2) is 6.73 Å². The first-order valence-corrected chi connectivity index (χ1v) is 2.03. The van der Waals surface area contributed by atoms with Crippen molar-refractivity contribution in [3.8, 4) is 0 Å². The molecule has 0 atom stereocenters. The summed E-state index contributed by atoms with van der Waals surface area (Å²) in [6, 6.07) is 0. The maximum absolute atomic E-state index is 4.73. The number of rotatable bonds is 0. The van der Waals surface area contributed by atoms with Crippen molar-refractivity contribution in [1.29, 1.82) is 0 Å². The molecule has 1 rings (SSSR count). The summed E-state index contributed by atoms with van der Waals surface area (Å²) < 4.78 is 6.38. The van der Waals surface area contributed by atoms with Crippen molar-refractivity contribution in [1.82, 2.24) is 4.31 Å². The number of thiol groups is 1. The molecule has 0 fully saturated rings. The molecular formula is C3H5NOS. The zero-order valence-corrected chi connectivity index (χ0v) is 4.06. The van der Waals surface area contributed by atoms with Gasteiger partial charge in [0.25, 0.3) is 0 Å². The second-order valence-corrected chi connectivity index (χ2v) is 1.53. The number of nitrogens with zero attached hydrogens (tertiary/aromatic N) is 1. The standard InChI is InChI=1S/C3H5NOS/c6-4-1-2-5-3-4/h1-2,6H,3H2. The molecule has 0 saturated heterocycles. The highest BCUT2D eigenvalue weighted by Crippen LogP contribution is 2.00. The summed E-state index contributed by atoms with van der Waals surface area (Å²) in [6.45, 7) is 0.573. The third-order valence-corrected chi connectivity index (χ3v) is 0.785. The molecule has 6 heavy (non-hydrogen) atoms. The van der Waals surface area contributed by atoms with Crippen molar-refractivity contribution in [3.63, 3.8) is 0 Å². The Bertz CT molecular complexity index is 73.2. The minimum absolute atomic E-state index is 0.573. The summed E-state index contributed by atoms with van der Waals surface area (Å²) in [5, 5.41) is 0. The zero-order chi connectivity index (χ0) is 4.41. The van der Waals surface area contributed by atoms with Crippen LogP contribution in [0.3, 0.4) is 0 Å². The third kappa shape index (κ3) is 0.597. The molecule has 1 heterocycles. The van der Waals surface area contributed by atoms with Crippen LogP contribution in [0.15, 0.2) is 12.5 Å². The van der Waals surface area contributed by atoms with Gasteiger partial charge in [-0.1, -0.05) is 12.8 Å². The first-order valence-electron chi connectivity index (χ1n) is 1.63. The average Bonchev–Trinajstić information content (AvgIpc) is 1.86. The molecule has 0 amide bonds. The van der Waals surface area contributed by atoms with E-state index in [9.17, 15) is 0 Å². The highest BCUT2D eigenvalue weighted by molar-refractivity contribution is 7.77. The monoisotopic (exact) mass is 103 g/mol. The Morgan fingerprint density at radius 2 is 2.67 bits per heavy atom. The van der Waals surface area contributed by atoms with Crippen LogP contribution in [0.5, 0.6) is 0 Å². The molecule has 1 aliphatic rings. The van der Waals surface area contributed by atoms with Gasteiger partial charge in [-0.2, -0.15) is 0 Å². The Morgan fingerprint density at radius 1 is 1.83 bits per heavy atom. The molecule has 34 valence electrons. The lowest BCUT2D eigenvalue weighted by Gasteiger charge is -1.98. The van der Waals surface area contributed by atoms with Gasteiger partial charge in [-0.3, -0.25) is 4.31 Å². The smallest absolute Gasteiger partial charge is 0.169 e. The van der Waals surface area contributed by atoms with E-state index in [2.05, 4.69) is 12.8 Å². The van der Waals surface area contributed by atoms with Crippen LogP contribution < -0.4 is 0 Å². The normalized spacial score (nSPS) is 18.5. The maximum Gasteiger partial charge on any atom is 0.169 e. The van der Waals surface area contributed by atoms with Crippen molar-refractivity contribution in [2.45, 2.75) is 0 Å². The van der Waals surface area contributed by atoms with E-state index in [4.69, 9.17) is 4.74 Å². The topological polar surface area (TPSA) is 12.5 Å². The van der Waals surface area contributed by atoms with E-state index in [0.717, 1.165) is 0 Å². The first kappa shape index (κ1) is 3.87. The molecule has 0 aromatic heterocycles. The molecule has 0 aromatic carbocycles. The molecule has 3 heteroatoms. The van der Waals surface area contributed by atoms with Gasteiger partial charge in [-0.05, 0) is 0 Å². The summed E-state index contributed by atoms with van der Waals surface area (Å²) in [6.07, 6.45) is 3.36. The maximum atomic E-state index is 4.73. The summed E-state index contributed by atoms with van der Waals surface area (Å²) >= 11 is 3.91. The summed E-state index contributed by atoms with van der Waals surface area (Å²) in [4.78, 5) is 0. The molecule has 0 spiro atoms. The lowest BCUT2D eigenvalue weighted by atomic mass is 11.0. The molecule has 2 nitrogen and oxygen atoms in total. The largest absolute Gasteiger partial charge is 0.478 e. The van der Waals surface area contributed by atoms with Crippen molar-refractivity contribution in [3.05, 3.63) is 12.5 Å². The van der Waals surface area contributed by atoms with Crippen LogP contribution in [0.25, 0.3) is 0 Å². The van der Waals surface area contributed by atoms with Crippen LogP contribution in [0.1, 0.15) is 0 Å². The Labute approximate surface area is 41.9 Å². The Balaban J connectivity index is 2.38. The van der Waals surface area contributed by atoms with Crippen LogP contribution in [0.4, 0.5) is 0 Å².